The molecule has 0 spiro atoms. The number of rotatable bonds is 4. The van der Waals surface area contributed by atoms with Crippen LogP contribution in [0.2, 0.25) is 0 Å². The minimum atomic E-state index is -0.426. The average molecular weight is 238 g/mol. The lowest BCUT2D eigenvalue weighted by Crippen LogP contribution is -2.12. The fraction of sp³-hybridized carbons (Fsp3) is 0.182. The second-order valence-electron chi connectivity index (χ2n) is 3.40. The predicted molar refractivity (Wildman–Crippen MR) is 60.7 cm³/mol. The molecule has 5 heteroatoms. The van der Waals surface area contributed by atoms with E-state index in [1.165, 1.54) is 23.5 Å². The zero-order valence-corrected chi connectivity index (χ0v) is 9.30. The Morgan fingerprint density at radius 2 is 2.19 bits per heavy atom. The van der Waals surface area contributed by atoms with Crippen LogP contribution in [-0.2, 0) is 13.1 Å². The van der Waals surface area contributed by atoms with Crippen molar-refractivity contribution in [1.82, 2.24) is 10.3 Å². The van der Waals surface area contributed by atoms with Crippen LogP contribution in [-0.4, -0.2) is 10.1 Å². The summed E-state index contributed by atoms with van der Waals surface area (Å²) in [5.41, 5.74) is 3.45. The molecule has 0 amide bonds. The van der Waals surface area contributed by atoms with Crippen LogP contribution >= 0.6 is 11.3 Å². The molecular weight excluding hydrogens is 227 g/mol. The molecule has 2 aromatic rings. The third-order valence-corrected chi connectivity index (χ3v) is 2.70. The van der Waals surface area contributed by atoms with Gasteiger partial charge < -0.3 is 10.4 Å². The fourth-order valence-corrected chi connectivity index (χ4v) is 1.95. The van der Waals surface area contributed by atoms with Gasteiger partial charge in [0.1, 0.15) is 11.6 Å². The Balaban J connectivity index is 1.89. The van der Waals surface area contributed by atoms with Crippen molar-refractivity contribution in [1.29, 1.82) is 0 Å². The molecule has 0 bridgehead atoms. The van der Waals surface area contributed by atoms with Crippen LogP contribution in [0.1, 0.15) is 11.3 Å². The molecule has 1 aromatic heterocycles. The molecular formula is C11H11FN2OS. The number of nitrogens with zero attached hydrogens (tertiary/aromatic N) is 1. The summed E-state index contributed by atoms with van der Waals surface area (Å²) in [4.78, 5) is 4.12. The van der Waals surface area contributed by atoms with Crippen molar-refractivity contribution < 1.29 is 9.50 Å². The van der Waals surface area contributed by atoms with E-state index < -0.39 is 5.82 Å². The maximum absolute atomic E-state index is 12.9. The van der Waals surface area contributed by atoms with Crippen molar-refractivity contribution in [3.63, 3.8) is 0 Å². The molecule has 0 aliphatic heterocycles. The van der Waals surface area contributed by atoms with E-state index in [1.807, 2.05) is 5.38 Å². The standard InChI is InChI=1S/C11H11FN2OS/c12-9-1-8(2-11(15)3-9)4-13-5-10-6-16-7-14-10/h1-3,6-7,13,15H,4-5H2. The quantitative estimate of drug-likeness (QED) is 0.859. The monoisotopic (exact) mass is 238 g/mol. The first kappa shape index (κ1) is 11.0. The zero-order chi connectivity index (χ0) is 11.4. The summed E-state index contributed by atoms with van der Waals surface area (Å²) in [6.07, 6.45) is 0. The van der Waals surface area contributed by atoms with E-state index in [4.69, 9.17) is 0 Å². The highest BCUT2D eigenvalue weighted by Crippen LogP contribution is 2.14. The number of hydrogen-bond donors (Lipinski definition) is 2. The molecule has 0 aliphatic carbocycles. The van der Waals surface area contributed by atoms with Crippen molar-refractivity contribution in [2.45, 2.75) is 13.1 Å². The molecule has 0 fully saturated rings. The molecule has 0 saturated heterocycles. The number of aromatic nitrogens is 1. The number of phenolic OH excluding ortho intramolecular Hbond substituents is 1. The normalized spacial score (nSPS) is 10.6. The summed E-state index contributed by atoms with van der Waals surface area (Å²) >= 11 is 1.54. The van der Waals surface area contributed by atoms with E-state index in [9.17, 15) is 9.50 Å². The molecule has 0 atom stereocenters. The van der Waals surface area contributed by atoms with Gasteiger partial charge in [-0.05, 0) is 17.7 Å². The van der Waals surface area contributed by atoms with Gasteiger partial charge in [-0.15, -0.1) is 11.3 Å². The number of phenols is 1. The third kappa shape index (κ3) is 3.01. The molecule has 0 saturated carbocycles. The first-order chi connectivity index (χ1) is 7.74. The van der Waals surface area contributed by atoms with Gasteiger partial charge in [0.25, 0.3) is 0 Å². The average Bonchev–Trinajstić information content (AvgIpc) is 2.69. The van der Waals surface area contributed by atoms with Crippen LogP contribution in [0.5, 0.6) is 5.75 Å². The number of aromatic hydroxyl groups is 1. The van der Waals surface area contributed by atoms with E-state index in [-0.39, 0.29) is 5.75 Å². The lowest BCUT2D eigenvalue weighted by Gasteiger charge is -2.04. The highest BCUT2D eigenvalue weighted by molar-refractivity contribution is 7.07. The Morgan fingerprint density at radius 1 is 1.31 bits per heavy atom. The lowest BCUT2D eigenvalue weighted by molar-refractivity contribution is 0.467. The molecule has 84 valence electrons. The first-order valence-corrected chi connectivity index (χ1v) is 5.74. The predicted octanol–water partition coefficient (Wildman–Crippen LogP) is 2.28. The van der Waals surface area contributed by atoms with Gasteiger partial charge in [-0.1, -0.05) is 0 Å². The smallest absolute Gasteiger partial charge is 0.127 e. The summed E-state index contributed by atoms with van der Waals surface area (Å²) in [6, 6.07) is 4.02. The minimum absolute atomic E-state index is 0.0505. The van der Waals surface area contributed by atoms with E-state index >= 15 is 0 Å². The Labute approximate surface area is 96.6 Å². The van der Waals surface area contributed by atoms with Crippen LogP contribution in [0.25, 0.3) is 0 Å². The Morgan fingerprint density at radius 3 is 2.88 bits per heavy atom. The maximum atomic E-state index is 12.9. The summed E-state index contributed by atoms with van der Waals surface area (Å²) in [5.74, 6) is -0.476. The van der Waals surface area contributed by atoms with Gasteiger partial charge in [0, 0.05) is 24.5 Å². The molecule has 1 aromatic carbocycles. The summed E-state index contributed by atoms with van der Waals surface area (Å²) in [7, 11) is 0. The third-order valence-electron chi connectivity index (χ3n) is 2.06. The first-order valence-electron chi connectivity index (χ1n) is 4.80. The minimum Gasteiger partial charge on any atom is -0.508 e. The molecule has 0 aliphatic rings. The molecule has 16 heavy (non-hydrogen) atoms. The van der Waals surface area contributed by atoms with Crippen molar-refractivity contribution in [3.8, 4) is 5.75 Å². The van der Waals surface area contributed by atoms with Crippen molar-refractivity contribution in [3.05, 3.63) is 46.2 Å². The highest BCUT2D eigenvalue weighted by atomic mass is 32.1. The highest BCUT2D eigenvalue weighted by Gasteiger charge is 2.00. The van der Waals surface area contributed by atoms with E-state index in [2.05, 4.69) is 10.3 Å². The Kier molecular flexibility index (Phi) is 3.48. The number of halogens is 1. The van der Waals surface area contributed by atoms with E-state index in [1.54, 1.807) is 5.51 Å². The molecule has 2 N–H and O–H groups in total. The lowest BCUT2D eigenvalue weighted by atomic mass is 10.2. The van der Waals surface area contributed by atoms with Gasteiger partial charge in [0.2, 0.25) is 0 Å². The van der Waals surface area contributed by atoms with E-state index in [0.29, 0.717) is 18.7 Å². The summed E-state index contributed by atoms with van der Waals surface area (Å²) in [6.45, 7) is 1.14. The van der Waals surface area contributed by atoms with Gasteiger partial charge in [-0.25, -0.2) is 9.37 Å². The molecule has 3 nitrogen and oxygen atoms in total. The van der Waals surface area contributed by atoms with Crippen LogP contribution in [0.3, 0.4) is 0 Å². The fourth-order valence-electron chi connectivity index (χ4n) is 1.40. The maximum Gasteiger partial charge on any atom is 0.127 e. The second-order valence-corrected chi connectivity index (χ2v) is 4.12. The van der Waals surface area contributed by atoms with Gasteiger partial charge in [-0.2, -0.15) is 0 Å². The Bertz CT molecular complexity index is 439. The molecule has 0 unspecified atom stereocenters. The van der Waals surface area contributed by atoms with Crippen LogP contribution in [0.4, 0.5) is 4.39 Å². The number of nitrogens with one attached hydrogen (secondary N) is 1. The number of thiazole rings is 1. The van der Waals surface area contributed by atoms with Crippen LogP contribution in [0.15, 0.2) is 29.1 Å². The number of benzene rings is 1. The molecule has 2 rings (SSSR count). The number of hydrogen-bond acceptors (Lipinski definition) is 4. The summed E-state index contributed by atoms with van der Waals surface area (Å²) in [5, 5.41) is 14.3. The van der Waals surface area contributed by atoms with Crippen LogP contribution < -0.4 is 5.32 Å². The van der Waals surface area contributed by atoms with Crippen molar-refractivity contribution in [2.24, 2.45) is 0 Å². The second kappa shape index (κ2) is 5.05. The molecule has 0 radical (unpaired) electrons. The van der Waals surface area contributed by atoms with Gasteiger partial charge in [0.15, 0.2) is 0 Å². The van der Waals surface area contributed by atoms with E-state index in [0.717, 1.165) is 11.8 Å². The van der Waals surface area contributed by atoms with Crippen molar-refractivity contribution >= 4 is 11.3 Å². The van der Waals surface area contributed by atoms with Gasteiger partial charge in [0.05, 0.1) is 11.2 Å². The van der Waals surface area contributed by atoms with Crippen molar-refractivity contribution in [2.75, 3.05) is 0 Å². The summed E-state index contributed by atoms with van der Waals surface area (Å²) < 4.78 is 12.9. The largest absolute Gasteiger partial charge is 0.508 e. The van der Waals surface area contributed by atoms with Gasteiger partial charge >= 0.3 is 0 Å². The SMILES string of the molecule is Oc1cc(F)cc(CNCc2cscn2)c1. The topological polar surface area (TPSA) is 45.1 Å². The van der Waals surface area contributed by atoms with Gasteiger partial charge in [-0.3, -0.25) is 0 Å². The Hall–Kier alpha value is -1.46. The molecule has 1 heterocycles. The van der Waals surface area contributed by atoms with Crippen LogP contribution in [0, 0.1) is 5.82 Å². The zero-order valence-electron chi connectivity index (χ0n) is 8.48.